The molecule has 0 aromatic heterocycles. The van der Waals surface area contributed by atoms with Crippen LogP contribution in [0.3, 0.4) is 0 Å². The first-order valence-corrected chi connectivity index (χ1v) is 6.00. The van der Waals surface area contributed by atoms with Gasteiger partial charge in [-0.25, -0.2) is 22.0 Å². The monoisotopic (exact) mass is 346 g/mol. The molecule has 2 aromatic carbocycles. The maximum atomic E-state index is 13.3. The third-order valence-corrected chi connectivity index (χ3v) is 2.91. The highest BCUT2D eigenvalue weighted by molar-refractivity contribution is 9.10. The van der Waals surface area contributed by atoms with Gasteiger partial charge in [-0.1, -0.05) is 27.8 Å². The third-order valence-electron chi connectivity index (χ3n) is 2.39. The molecule has 102 valence electrons. The number of hydrogen-bond donors (Lipinski definition) is 0. The highest BCUT2D eigenvalue weighted by Gasteiger charge is 2.24. The molecule has 2 aromatic rings. The van der Waals surface area contributed by atoms with Crippen molar-refractivity contribution in [1.82, 2.24) is 0 Å². The van der Waals surface area contributed by atoms with Crippen LogP contribution < -0.4 is 0 Å². The summed E-state index contributed by atoms with van der Waals surface area (Å²) in [7, 11) is 0. The largest absolute Gasteiger partial charge is 0.202 e. The Morgan fingerprint density at radius 3 is 1.60 bits per heavy atom. The van der Waals surface area contributed by atoms with Gasteiger partial charge in [0.05, 0.1) is 0 Å². The molecular formula is C14H4BrF5. The molecule has 0 nitrogen and oxygen atoms in total. The predicted octanol–water partition coefficient (Wildman–Crippen LogP) is 4.54. The lowest BCUT2D eigenvalue weighted by Gasteiger charge is -2.02. The molecule has 2 rings (SSSR count). The van der Waals surface area contributed by atoms with Crippen LogP contribution in [0, 0.1) is 40.9 Å². The third kappa shape index (κ3) is 2.68. The van der Waals surface area contributed by atoms with Gasteiger partial charge in [0.25, 0.3) is 0 Å². The van der Waals surface area contributed by atoms with Gasteiger partial charge in [-0.05, 0) is 24.3 Å². The summed E-state index contributed by atoms with van der Waals surface area (Å²) in [6.07, 6.45) is 0. The van der Waals surface area contributed by atoms with Crippen molar-refractivity contribution in [3.63, 3.8) is 0 Å². The van der Waals surface area contributed by atoms with Crippen molar-refractivity contribution >= 4 is 15.9 Å². The second kappa shape index (κ2) is 5.63. The Kier molecular flexibility index (Phi) is 4.09. The number of rotatable bonds is 0. The average molecular weight is 347 g/mol. The standard InChI is InChI=1S/C14H4BrF5/c15-8-4-1-7(2-5-8)3-6-9-10(16)12(18)14(20)13(19)11(9)17/h1-2,4-5H. The first-order chi connectivity index (χ1) is 9.41. The molecular weight excluding hydrogens is 343 g/mol. The molecule has 0 aliphatic carbocycles. The van der Waals surface area contributed by atoms with Crippen LogP contribution in [0.2, 0.25) is 0 Å². The van der Waals surface area contributed by atoms with E-state index in [2.05, 4.69) is 21.9 Å². The Labute approximate surface area is 119 Å². The SMILES string of the molecule is Fc1c(F)c(F)c(C#Cc2ccc(Br)cc2)c(F)c1F. The number of hydrogen-bond acceptors (Lipinski definition) is 0. The van der Waals surface area contributed by atoms with Crippen LogP contribution in [0.15, 0.2) is 28.7 Å². The number of halogens is 6. The van der Waals surface area contributed by atoms with Crippen LogP contribution in [0.5, 0.6) is 0 Å². The number of benzene rings is 2. The molecule has 0 unspecified atom stereocenters. The van der Waals surface area contributed by atoms with Crippen LogP contribution >= 0.6 is 15.9 Å². The summed E-state index contributed by atoms with van der Waals surface area (Å²) in [6.45, 7) is 0. The first kappa shape index (κ1) is 14.5. The van der Waals surface area contributed by atoms with Gasteiger partial charge in [-0.2, -0.15) is 0 Å². The van der Waals surface area contributed by atoms with E-state index in [0.29, 0.717) is 5.56 Å². The molecule has 6 heteroatoms. The summed E-state index contributed by atoms with van der Waals surface area (Å²) >= 11 is 3.18. The van der Waals surface area contributed by atoms with E-state index < -0.39 is 34.6 Å². The minimum atomic E-state index is -2.20. The summed E-state index contributed by atoms with van der Waals surface area (Å²) in [5.41, 5.74) is -0.776. The van der Waals surface area contributed by atoms with Crippen LogP contribution in [0.25, 0.3) is 0 Å². The summed E-state index contributed by atoms with van der Waals surface area (Å²) in [6, 6.07) is 6.32. The maximum Gasteiger partial charge on any atom is 0.200 e. The van der Waals surface area contributed by atoms with E-state index in [4.69, 9.17) is 0 Å². The molecule has 0 N–H and O–H groups in total. The fourth-order valence-corrected chi connectivity index (χ4v) is 1.65. The lowest BCUT2D eigenvalue weighted by molar-refractivity contribution is 0.376. The lowest BCUT2D eigenvalue weighted by atomic mass is 10.1. The molecule has 0 atom stereocenters. The highest BCUT2D eigenvalue weighted by atomic mass is 79.9. The van der Waals surface area contributed by atoms with Gasteiger partial charge >= 0.3 is 0 Å². The molecule has 20 heavy (non-hydrogen) atoms. The summed E-state index contributed by atoms with van der Waals surface area (Å²) in [5, 5.41) is 0. The van der Waals surface area contributed by atoms with Crippen molar-refractivity contribution in [2.75, 3.05) is 0 Å². The van der Waals surface area contributed by atoms with E-state index in [9.17, 15) is 22.0 Å². The van der Waals surface area contributed by atoms with E-state index in [1.54, 1.807) is 12.1 Å². The summed E-state index contributed by atoms with van der Waals surface area (Å²) in [5.74, 6) is -5.80. The second-order valence-corrected chi connectivity index (χ2v) is 4.62. The molecule has 0 spiro atoms. The Hall–Kier alpha value is -1.87. The minimum Gasteiger partial charge on any atom is -0.202 e. The van der Waals surface area contributed by atoms with Gasteiger partial charge in [-0.15, -0.1) is 0 Å². The molecule has 0 fully saturated rings. The zero-order valence-electron chi connectivity index (χ0n) is 9.58. The van der Waals surface area contributed by atoms with Gasteiger partial charge in [0.2, 0.25) is 5.82 Å². The van der Waals surface area contributed by atoms with Crippen LogP contribution in [-0.4, -0.2) is 0 Å². The zero-order valence-corrected chi connectivity index (χ0v) is 11.2. The molecule has 0 amide bonds. The normalized spacial score (nSPS) is 10.1. The Bertz CT molecular complexity index is 697. The Morgan fingerprint density at radius 1 is 0.650 bits per heavy atom. The second-order valence-electron chi connectivity index (χ2n) is 3.70. The van der Waals surface area contributed by atoms with Crippen LogP contribution in [-0.2, 0) is 0 Å². The smallest absolute Gasteiger partial charge is 0.200 e. The summed E-state index contributed by atoms with van der Waals surface area (Å²) in [4.78, 5) is 0. The maximum absolute atomic E-state index is 13.3. The molecule has 0 saturated carbocycles. The quantitative estimate of drug-likeness (QED) is 0.284. The van der Waals surface area contributed by atoms with Crippen molar-refractivity contribution in [3.05, 3.63) is 69.0 Å². The van der Waals surface area contributed by atoms with Gasteiger partial charge < -0.3 is 0 Å². The Balaban J connectivity index is 2.53. The van der Waals surface area contributed by atoms with E-state index in [-0.39, 0.29) is 0 Å². The van der Waals surface area contributed by atoms with E-state index in [1.807, 2.05) is 5.92 Å². The van der Waals surface area contributed by atoms with E-state index >= 15 is 0 Å². The zero-order chi connectivity index (χ0) is 14.9. The molecule has 0 saturated heterocycles. The fraction of sp³-hybridized carbons (Fsp3) is 0. The lowest BCUT2D eigenvalue weighted by Crippen LogP contribution is -2.04. The van der Waals surface area contributed by atoms with Crippen molar-refractivity contribution in [3.8, 4) is 11.8 Å². The van der Waals surface area contributed by atoms with E-state index in [1.165, 1.54) is 12.1 Å². The fourth-order valence-electron chi connectivity index (χ4n) is 1.38. The molecule has 0 aliphatic heterocycles. The summed E-state index contributed by atoms with van der Waals surface area (Å²) < 4.78 is 66.2. The van der Waals surface area contributed by atoms with E-state index in [0.717, 1.165) is 4.47 Å². The average Bonchev–Trinajstić information content (AvgIpc) is 2.45. The van der Waals surface area contributed by atoms with Crippen molar-refractivity contribution in [2.24, 2.45) is 0 Å². The predicted molar refractivity (Wildman–Crippen MR) is 66.4 cm³/mol. The Morgan fingerprint density at radius 2 is 1.10 bits per heavy atom. The van der Waals surface area contributed by atoms with Crippen molar-refractivity contribution < 1.29 is 22.0 Å². The molecule has 0 bridgehead atoms. The topological polar surface area (TPSA) is 0 Å². The molecule has 0 radical (unpaired) electrons. The van der Waals surface area contributed by atoms with Gasteiger partial charge in [0.15, 0.2) is 23.3 Å². The first-order valence-electron chi connectivity index (χ1n) is 5.21. The highest BCUT2D eigenvalue weighted by Crippen LogP contribution is 2.22. The van der Waals surface area contributed by atoms with Crippen LogP contribution in [0.1, 0.15) is 11.1 Å². The minimum absolute atomic E-state index is 0.372. The van der Waals surface area contributed by atoms with Gasteiger partial charge in [0.1, 0.15) is 5.56 Å². The van der Waals surface area contributed by atoms with Crippen molar-refractivity contribution in [2.45, 2.75) is 0 Å². The molecule has 0 aliphatic rings. The van der Waals surface area contributed by atoms with Gasteiger partial charge in [-0.3, -0.25) is 0 Å². The molecule has 0 heterocycles. The van der Waals surface area contributed by atoms with Gasteiger partial charge in [0, 0.05) is 10.0 Å². The van der Waals surface area contributed by atoms with Crippen molar-refractivity contribution in [1.29, 1.82) is 0 Å². The van der Waals surface area contributed by atoms with Crippen LogP contribution in [0.4, 0.5) is 22.0 Å².